The summed E-state index contributed by atoms with van der Waals surface area (Å²) in [6.45, 7) is 5.36. The highest BCUT2D eigenvalue weighted by Crippen LogP contribution is 2.06. The van der Waals surface area contributed by atoms with Gasteiger partial charge in [0, 0.05) is 12.7 Å². The molecule has 0 aromatic carbocycles. The Morgan fingerprint density at radius 1 is 1.64 bits per heavy atom. The molecule has 0 bridgehead atoms. The topological polar surface area (TPSA) is 17.8 Å². The minimum absolute atomic E-state index is 0.548. The van der Waals surface area contributed by atoms with E-state index in [9.17, 15) is 0 Å². The van der Waals surface area contributed by atoms with Crippen LogP contribution in [0.1, 0.15) is 19.5 Å². The molecule has 0 unspecified atom stereocenters. The third-order valence-electron chi connectivity index (χ3n) is 1.50. The van der Waals surface area contributed by atoms with E-state index in [0.29, 0.717) is 11.8 Å². The van der Waals surface area contributed by atoms with Crippen molar-refractivity contribution in [3.05, 3.63) is 18.2 Å². The van der Waals surface area contributed by atoms with E-state index in [1.807, 2.05) is 12.5 Å². The van der Waals surface area contributed by atoms with Crippen molar-refractivity contribution in [2.75, 3.05) is 0 Å². The number of aromatic nitrogens is 2. The minimum atomic E-state index is 0.548. The van der Waals surface area contributed by atoms with Crippen LogP contribution in [0, 0.1) is 5.92 Å². The van der Waals surface area contributed by atoms with E-state index in [4.69, 9.17) is 11.6 Å². The lowest BCUT2D eigenvalue weighted by Gasteiger charge is -2.07. The lowest BCUT2D eigenvalue weighted by atomic mass is 10.2. The van der Waals surface area contributed by atoms with Crippen molar-refractivity contribution in [3.63, 3.8) is 0 Å². The van der Waals surface area contributed by atoms with Crippen molar-refractivity contribution in [3.8, 4) is 0 Å². The molecule has 1 aromatic rings. The average molecular weight is 173 g/mol. The first-order valence-electron chi connectivity index (χ1n) is 3.79. The molecular weight excluding hydrogens is 160 g/mol. The Morgan fingerprint density at radius 3 is 2.91 bits per heavy atom. The number of imidazole rings is 1. The second-order valence-corrected chi connectivity index (χ2v) is 3.33. The number of hydrogen-bond acceptors (Lipinski definition) is 1. The van der Waals surface area contributed by atoms with Gasteiger partial charge in [0.15, 0.2) is 0 Å². The van der Waals surface area contributed by atoms with Crippen molar-refractivity contribution in [2.45, 2.75) is 26.3 Å². The van der Waals surface area contributed by atoms with Crippen LogP contribution in [0.15, 0.2) is 12.5 Å². The quantitative estimate of drug-likeness (QED) is 0.640. The van der Waals surface area contributed by atoms with Gasteiger partial charge in [-0.3, -0.25) is 0 Å². The van der Waals surface area contributed by atoms with E-state index in [0.717, 1.165) is 12.2 Å². The SMILES string of the molecule is CC(C)Cn1cncc1CCl. The summed E-state index contributed by atoms with van der Waals surface area (Å²) in [5, 5.41) is 0. The summed E-state index contributed by atoms with van der Waals surface area (Å²) in [4.78, 5) is 4.02. The molecule has 0 saturated carbocycles. The van der Waals surface area contributed by atoms with Crippen molar-refractivity contribution in [1.29, 1.82) is 0 Å². The standard InChI is InChI=1S/C8H13ClN2/c1-7(2)5-11-6-10-4-8(11)3-9/h4,6-7H,3,5H2,1-2H3. The lowest BCUT2D eigenvalue weighted by Crippen LogP contribution is -2.05. The van der Waals surface area contributed by atoms with Crippen LogP contribution >= 0.6 is 11.6 Å². The summed E-state index contributed by atoms with van der Waals surface area (Å²) < 4.78 is 2.09. The van der Waals surface area contributed by atoms with Gasteiger partial charge in [-0.05, 0) is 5.92 Å². The Labute approximate surface area is 72.2 Å². The van der Waals surface area contributed by atoms with Gasteiger partial charge >= 0.3 is 0 Å². The van der Waals surface area contributed by atoms with Gasteiger partial charge in [-0.1, -0.05) is 13.8 Å². The molecule has 0 atom stereocenters. The normalized spacial score (nSPS) is 10.9. The number of hydrogen-bond donors (Lipinski definition) is 0. The second-order valence-electron chi connectivity index (χ2n) is 3.06. The summed E-state index contributed by atoms with van der Waals surface area (Å²) in [5.74, 6) is 1.19. The minimum Gasteiger partial charge on any atom is -0.333 e. The van der Waals surface area contributed by atoms with E-state index >= 15 is 0 Å². The van der Waals surface area contributed by atoms with Gasteiger partial charge in [-0.15, -0.1) is 11.6 Å². The highest BCUT2D eigenvalue weighted by molar-refractivity contribution is 6.16. The van der Waals surface area contributed by atoms with Crippen LogP contribution < -0.4 is 0 Å². The molecule has 1 aromatic heterocycles. The van der Waals surface area contributed by atoms with Crippen LogP contribution in [0.4, 0.5) is 0 Å². The van der Waals surface area contributed by atoms with E-state index in [1.54, 1.807) is 0 Å². The zero-order valence-electron chi connectivity index (χ0n) is 6.92. The number of rotatable bonds is 3. The van der Waals surface area contributed by atoms with Crippen LogP contribution in [-0.2, 0) is 12.4 Å². The Hall–Kier alpha value is -0.500. The zero-order chi connectivity index (χ0) is 8.27. The smallest absolute Gasteiger partial charge is 0.0948 e. The molecule has 0 fully saturated rings. The predicted octanol–water partition coefficient (Wildman–Crippen LogP) is 2.28. The largest absolute Gasteiger partial charge is 0.333 e. The van der Waals surface area contributed by atoms with E-state index in [-0.39, 0.29) is 0 Å². The summed E-state index contributed by atoms with van der Waals surface area (Å²) in [6.07, 6.45) is 3.65. The van der Waals surface area contributed by atoms with E-state index in [1.165, 1.54) is 0 Å². The Balaban J connectivity index is 2.68. The van der Waals surface area contributed by atoms with Crippen molar-refractivity contribution in [2.24, 2.45) is 5.92 Å². The van der Waals surface area contributed by atoms with Gasteiger partial charge < -0.3 is 4.57 Å². The third kappa shape index (κ3) is 2.22. The first-order chi connectivity index (χ1) is 5.24. The van der Waals surface area contributed by atoms with Gasteiger partial charge in [0.25, 0.3) is 0 Å². The predicted molar refractivity (Wildman–Crippen MR) is 46.6 cm³/mol. The highest BCUT2D eigenvalue weighted by atomic mass is 35.5. The van der Waals surface area contributed by atoms with Crippen LogP contribution in [0.2, 0.25) is 0 Å². The molecule has 62 valence electrons. The molecule has 0 N–H and O–H groups in total. The fraction of sp³-hybridized carbons (Fsp3) is 0.625. The van der Waals surface area contributed by atoms with Crippen molar-refractivity contribution < 1.29 is 0 Å². The molecule has 3 heteroatoms. The third-order valence-corrected chi connectivity index (χ3v) is 1.77. The maximum Gasteiger partial charge on any atom is 0.0948 e. The molecule has 0 radical (unpaired) electrons. The molecule has 0 aliphatic heterocycles. The van der Waals surface area contributed by atoms with Gasteiger partial charge in [0.2, 0.25) is 0 Å². The Bertz CT molecular complexity index is 218. The summed E-state index contributed by atoms with van der Waals surface area (Å²) >= 11 is 5.70. The van der Waals surface area contributed by atoms with Crippen LogP contribution in [0.25, 0.3) is 0 Å². The Morgan fingerprint density at radius 2 is 2.36 bits per heavy atom. The number of halogens is 1. The first kappa shape index (κ1) is 8.60. The Kier molecular flexibility index (Phi) is 2.94. The molecule has 0 aliphatic carbocycles. The van der Waals surface area contributed by atoms with Gasteiger partial charge in [0.05, 0.1) is 17.9 Å². The van der Waals surface area contributed by atoms with Gasteiger partial charge in [-0.25, -0.2) is 4.98 Å². The van der Waals surface area contributed by atoms with Gasteiger partial charge in [0.1, 0.15) is 0 Å². The fourth-order valence-corrected chi connectivity index (χ4v) is 1.24. The molecule has 0 aliphatic rings. The summed E-state index contributed by atoms with van der Waals surface area (Å²) in [7, 11) is 0. The molecule has 0 saturated heterocycles. The summed E-state index contributed by atoms with van der Waals surface area (Å²) in [5.41, 5.74) is 1.10. The molecule has 1 heterocycles. The molecular formula is C8H13ClN2. The first-order valence-corrected chi connectivity index (χ1v) is 4.32. The maximum atomic E-state index is 5.70. The monoisotopic (exact) mass is 172 g/mol. The average Bonchev–Trinajstić information content (AvgIpc) is 2.34. The molecule has 0 amide bonds. The van der Waals surface area contributed by atoms with Crippen molar-refractivity contribution >= 4 is 11.6 Å². The molecule has 2 nitrogen and oxygen atoms in total. The molecule has 0 spiro atoms. The highest BCUT2D eigenvalue weighted by Gasteiger charge is 2.01. The van der Waals surface area contributed by atoms with Gasteiger partial charge in [-0.2, -0.15) is 0 Å². The molecule has 1 rings (SSSR count). The fourth-order valence-electron chi connectivity index (χ4n) is 1.02. The summed E-state index contributed by atoms with van der Waals surface area (Å²) in [6, 6.07) is 0. The van der Waals surface area contributed by atoms with Crippen LogP contribution in [0.3, 0.4) is 0 Å². The lowest BCUT2D eigenvalue weighted by molar-refractivity contribution is 0.514. The number of nitrogens with zero attached hydrogens (tertiary/aromatic N) is 2. The zero-order valence-corrected chi connectivity index (χ0v) is 7.67. The molecule has 11 heavy (non-hydrogen) atoms. The maximum absolute atomic E-state index is 5.70. The van der Waals surface area contributed by atoms with Crippen LogP contribution in [0.5, 0.6) is 0 Å². The second kappa shape index (κ2) is 3.77. The number of alkyl halides is 1. The van der Waals surface area contributed by atoms with E-state index < -0.39 is 0 Å². The van der Waals surface area contributed by atoms with E-state index in [2.05, 4.69) is 23.4 Å². The van der Waals surface area contributed by atoms with Crippen LogP contribution in [-0.4, -0.2) is 9.55 Å². The van der Waals surface area contributed by atoms with Crippen molar-refractivity contribution in [1.82, 2.24) is 9.55 Å².